The van der Waals surface area contributed by atoms with Crippen molar-refractivity contribution < 1.29 is 8.42 Å². The molecule has 2 aromatic heterocycles. The second kappa shape index (κ2) is 5.10. The first-order valence-electron chi connectivity index (χ1n) is 4.68. The number of rotatable bonds is 4. The van der Waals surface area contributed by atoms with Crippen molar-refractivity contribution in [3.05, 3.63) is 30.9 Å². The van der Waals surface area contributed by atoms with E-state index in [2.05, 4.69) is 14.7 Å². The number of sulfonamides is 1. The molecule has 0 aliphatic carbocycles. The third kappa shape index (κ3) is 2.98. The Morgan fingerprint density at radius 3 is 2.78 bits per heavy atom. The average Bonchev–Trinajstić information content (AvgIpc) is 2.82. The molecule has 0 spiro atoms. The largest absolute Gasteiger partial charge is 0.315 e. The van der Waals surface area contributed by atoms with E-state index >= 15 is 0 Å². The van der Waals surface area contributed by atoms with Crippen LogP contribution in [0.3, 0.4) is 0 Å². The van der Waals surface area contributed by atoms with Gasteiger partial charge in [-0.15, -0.1) is 0 Å². The molecule has 18 heavy (non-hydrogen) atoms. The van der Waals surface area contributed by atoms with Gasteiger partial charge in [0.2, 0.25) is 0 Å². The van der Waals surface area contributed by atoms with Gasteiger partial charge >= 0.3 is 4.87 Å². The second-order valence-corrected chi connectivity index (χ2v) is 7.72. The minimum Gasteiger partial charge on any atom is -0.315 e. The molecule has 0 aliphatic heterocycles. The van der Waals surface area contributed by atoms with Gasteiger partial charge in [0.1, 0.15) is 0 Å². The summed E-state index contributed by atoms with van der Waals surface area (Å²) in [6, 6.07) is 0. The lowest BCUT2D eigenvalue weighted by Crippen LogP contribution is -2.23. The van der Waals surface area contributed by atoms with Crippen molar-refractivity contribution in [3.63, 3.8) is 0 Å². The standard InChI is InChI=1S/C8H8ClN3O3S3/c1-4-6(17-7(9)11-4)18(14,15)10-2-5-3-16-8(13)12-5/h3,10H,2H2,1H3,(H,12,13). The summed E-state index contributed by atoms with van der Waals surface area (Å²) in [5, 5.41) is 1.57. The van der Waals surface area contributed by atoms with Gasteiger partial charge in [-0.1, -0.05) is 34.3 Å². The maximum absolute atomic E-state index is 12.0. The molecular formula is C8H8ClN3O3S3. The van der Waals surface area contributed by atoms with Crippen LogP contribution in [0, 0.1) is 6.92 Å². The van der Waals surface area contributed by atoms with Crippen LogP contribution in [0.5, 0.6) is 0 Å². The fraction of sp³-hybridized carbons (Fsp3) is 0.250. The number of aromatic nitrogens is 2. The van der Waals surface area contributed by atoms with Crippen molar-refractivity contribution in [2.45, 2.75) is 17.7 Å². The number of thiazole rings is 2. The molecular weight excluding hydrogens is 318 g/mol. The fourth-order valence-corrected chi connectivity index (χ4v) is 4.61. The van der Waals surface area contributed by atoms with Crippen molar-refractivity contribution in [1.82, 2.24) is 14.7 Å². The van der Waals surface area contributed by atoms with Gasteiger partial charge in [0.25, 0.3) is 10.0 Å². The second-order valence-electron chi connectivity index (χ2n) is 3.34. The zero-order valence-corrected chi connectivity index (χ0v) is 12.3. The van der Waals surface area contributed by atoms with Crippen molar-refractivity contribution in [1.29, 1.82) is 0 Å². The monoisotopic (exact) mass is 325 g/mol. The molecule has 0 aliphatic rings. The van der Waals surface area contributed by atoms with Crippen molar-refractivity contribution in [3.8, 4) is 0 Å². The van der Waals surface area contributed by atoms with E-state index in [9.17, 15) is 13.2 Å². The predicted molar refractivity (Wildman–Crippen MR) is 70.8 cm³/mol. The van der Waals surface area contributed by atoms with Crippen molar-refractivity contribution in [2.75, 3.05) is 0 Å². The Morgan fingerprint density at radius 1 is 1.56 bits per heavy atom. The molecule has 2 aromatic rings. The maximum atomic E-state index is 12.0. The van der Waals surface area contributed by atoms with E-state index in [1.165, 1.54) is 0 Å². The molecule has 0 aromatic carbocycles. The minimum absolute atomic E-state index is 0.0238. The molecule has 0 saturated carbocycles. The molecule has 0 amide bonds. The van der Waals surface area contributed by atoms with Gasteiger partial charge in [0, 0.05) is 11.1 Å². The molecule has 6 nitrogen and oxygen atoms in total. The van der Waals surface area contributed by atoms with Gasteiger partial charge in [-0.3, -0.25) is 4.79 Å². The van der Waals surface area contributed by atoms with Crippen LogP contribution in [0.4, 0.5) is 0 Å². The van der Waals surface area contributed by atoms with E-state index in [1.54, 1.807) is 12.3 Å². The molecule has 0 fully saturated rings. The van der Waals surface area contributed by atoms with Crippen LogP contribution in [-0.2, 0) is 16.6 Å². The lowest BCUT2D eigenvalue weighted by Gasteiger charge is -2.03. The Morgan fingerprint density at radius 2 is 2.28 bits per heavy atom. The lowest BCUT2D eigenvalue weighted by atomic mass is 10.5. The first-order valence-corrected chi connectivity index (χ1v) is 8.23. The van der Waals surface area contributed by atoms with Crippen LogP contribution in [0.2, 0.25) is 4.47 Å². The van der Waals surface area contributed by atoms with Crippen LogP contribution in [0.1, 0.15) is 11.4 Å². The summed E-state index contributed by atoms with van der Waals surface area (Å²) in [4.78, 5) is 17.0. The van der Waals surface area contributed by atoms with Crippen molar-refractivity contribution >= 4 is 44.3 Å². The molecule has 0 atom stereocenters. The molecule has 0 bridgehead atoms. The van der Waals surface area contributed by atoms with E-state index in [-0.39, 0.29) is 20.1 Å². The summed E-state index contributed by atoms with van der Waals surface area (Å²) in [5.74, 6) is 0. The number of nitrogens with zero attached hydrogens (tertiary/aromatic N) is 1. The molecule has 2 heterocycles. The first kappa shape index (κ1) is 13.7. The van der Waals surface area contributed by atoms with Crippen molar-refractivity contribution in [2.24, 2.45) is 0 Å². The molecule has 2 rings (SSSR count). The Hall–Kier alpha value is -0.740. The minimum atomic E-state index is -3.65. The van der Waals surface area contributed by atoms with Gasteiger partial charge < -0.3 is 4.98 Å². The zero-order chi connectivity index (χ0) is 13.3. The number of hydrogen-bond acceptors (Lipinski definition) is 6. The zero-order valence-electron chi connectivity index (χ0n) is 9.06. The van der Waals surface area contributed by atoms with Crippen LogP contribution in [0.15, 0.2) is 14.4 Å². The van der Waals surface area contributed by atoms with E-state index in [1.807, 2.05) is 0 Å². The van der Waals surface area contributed by atoms with Gasteiger partial charge in [-0.2, -0.15) is 0 Å². The number of nitrogens with one attached hydrogen (secondary N) is 2. The summed E-state index contributed by atoms with van der Waals surface area (Å²) in [5.41, 5.74) is 0.873. The normalized spacial score (nSPS) is 11.9. The summed E-state index contributed by atoms with van der Waals surface area (Å²) < 4.78 is 26.6. The quantitative estimate of drug-likeness (QED) is 0.887. The number of halogens is 1. The molecule has 2 N–H and O–H groups in total. The molecule has 0 radical (unpaired) electrons. The highest BCUT2D eigenvalue weighted by Gasteiger charge is 2.21. The third-order valence-corrected chi connectivity index (χ3v) is 5.99. The first-order chi connectivity index (χ1) is 8.38. The molecule has 98 valence electrons. The Bertz CT molecular complexity index is 715. The molecule has 0 saturated heterocycles. The van der Waals surface area contributed by atoms with Gasteiger partial charge in [-0.05, 0) is 6.92 Å². The number of aromatic amines is 1. The fourth-order valence-electron chi connectivity index (χ4n) is 1.24. The van der Waals surface area contributed by atoms with Crippen LogP contribution >= 0.6 is 34.3 Å². The summed E-state index contributed by atoms with van der Waals surface area (Å²) in [6.45, 7) is 1.60. The Kier molecular flexibility index (Phi) is 3.87. The summed E-state index contributed by atoms with van der Waals surface area (Å²) >= 11 is 7.54. The van der Waals surface area contributed by atoms with Crippen LogP contribution in [0.25, 0.3) is 0 Å². The third-order valence-electron chi connectivity index (χ3n) is 2.00. The Labute approximate surface area is 116 Å². The van der Waals surface area contributed by atoms with E-state index in [0.717, 1.165) is 22.7 Å². The maximum Gasteiger partial charge on any atom is 0.304 e. The van der Waals surface area contributed by atoms with Gasteiger partial charge in [-0.25, -0.2) is 18.1 Å². The average molecular weight is 326 g/mol. The van der Waals surface area contributed by atoms with Crippen LogP contribution < -0.4 is 9.60 Å². The predicted octanol–water partition coefficient (Wildman–Crippen LogP) is 1.33. The van der Waals surface area contributed by atoms with Crippen LogP contribution in [-0.4, -0.2) is 18.4 Å². The Balaban J connectivity index is 2.17. The molecule has 0 unspecified atom stereocenters. The van der Waals surface area contributed by atoms with Gasteiger partial charge in [0.05, 0.1) is 12.2 Å². The van der Waals surface area contributed by atoms with E-state index in [0.29, 0.717) is 11.4 Å². The smallest absolute Gasteiger partial charge is 0.304 e. The lowest BCUT2D eigenvalue weighted by molar-refractivity contribution is 0.582. The highest BCUT2D eigenvalue weighted by atomic mass is 35.5. The topological polar surface area (TPSA) is 91.9 Å². The highest BCUT2D eigenvalue weighted by molar-refractivity contribution is 7.91. The highest BCUT2D eigenvalue weighted by Crippen LogP contribution is 2.26. The number of H-pyrrole nitrogens is 1. The van der Waals surface area contributed by atoms with Gasteiger partial charge in [0.15, 0.2) is 8.68 Å². The molecule has 10 heteroatoms. The number of aryl methyl sites for hydroxylation is 1. The van der Waals surface area contributed by atoms with E-state index < -0.39 is 10.0 Å². The summed E-state index contributed by atoms with van der Waals surface area (Å²) in [7, 11) is -3.65. The summed E-state index contributed by atoms with van der Waals surface area (Å²) in [6.07, 6.45) is 0. The number of hydrogen-bond donors (Lipinski definition) is 2. The SMILES string of the molecule is Cc1nc(Cl)sc1S(=O)(=O)NCc1csc(=O)[nH]1. The van der Waals surface area contributed by atoms with E-state index in [4.69, 9.17) is 11.6 Å².